The van der Waals surface area contributed by atoms with E-state index in [1.54, 1.807) is 12.1 Å². The number of nitrogens with one attached hydrogen (secondary N) is 1. The molecule has 3 nitrogen and oxygen atoms in total. The third-order valence-electron chi connectivity index (χ3n) is 3.46. The monoisotopic (exact) mass is 266 g/mol. The lowest BCUT2D eigenvalue weighted by molar-refractivity contribution is -0.000835. The van der Waals surface area contributed by atoms with Crippen molar-refractivity contribution in [2.24, 2.45) is 0 Å². The molecular formula is C15H23FN2O. The van der Waals surface area contributed by atoms with Gasteiger partial charge in [0.15, 0.2) is 0 Å². The second-order valence-corrected chi connectivity index (χ2v) is 5.18. The predicted octanol–water partition coefficient (Wildman–Crippen LogP) is 2.74. The Hall–Kier alpha value is -1.13. The normalized spacial score (nSPS) is 19.6. The van der Waals surface area contributed by atoms with Crippen LogP contribution >= 0.6 is 0 Å². The van der Waals surface area contributed by atoms with E-state index in [9.17, 15) is 4.39 Å². The number of hydrogen-bond donors (Lipinski definition) is 1. The number of hydrogen-bond acceptors (Lipinski definition) is 3. The lowest BCUT2D eigenvalue weighted by Gasteiger charge is -2.27. The molecule has 0 aromatic heterocycles. The average Bonchev–Trinajstić information content (AvgIpc) is 2.42. The van der Waals surface area contributed by atoms with Gasteiger partial charge in [-0.1, -0.05) is 0 Å². The van der Waals surface area contributed by atoms with Crippen molar-refractivity contribution >= 4 is 5.69 Å². The first-order valence-corrected chi connectivity index (χ1v) is 7.03. The summed E-state index contributed by atoms with van der Waals surface area (Å²) in [5.41, 5.74) is 0.962. The smallest absolute Gasteiger partial charge is 0.123 e. The number of rotatable bonds is 6. The summed E-state index contributed by atoms with van der Waals surface area (Å²) in [4.78, 5) is 2.28. The molecule has 1 fully saturated rings. The van der Waals surface area contributed by atoms with E-state index in [1.165, 1.54) is 31.4 Å². The van der Waals surface area contributed by atoms with E-state index < -0.39 is 0 Å². The second-order valence-electron chi connectivity index (χ2n) is 5.18. The minimum absolute atomic E-state index is 0.197. The largest absolute Gasteiger partial charge is 0.384 e. The van der Waals surface area contributed by atoms with Crippen LogP contribution < -0.4 is 5.32 Å². The fraction of sp³-hybridized carbons (Fsp3) is 0.600. The molecule has 0 amide bonds. The van der Waals surface area contributed by atoms with Crippen molar-refractivity contribution in [3.05, 3.63) is 30.1 Å². The maximum absolute atomic E-state index is 12.7. The Morgan fingerprint density at radius 3 is 2.79 bits per heavy atom. The summed E-state index contributed by atoms with van der Waals surface area (Å²) in [6, 6.07) is 6.48. The highest BCUT2D eigenvalue weighted by molar-refractivity contribution is 5.42. The number of halogens is 1. The van der Waals surface area contributed by atoms with E-state index in [1.807, 2.05) is 0 Å². The zero-order valence-electron chi connectivity index (χ0n) is 11.6. The molecule has 0 aliphatic carbocycles. The van der Waals surface area contributed by atoms with E-state index in [0.29, 0.717) is 6.10 Å². The summed E-state index contributed by atoms with van der Waals surface area (Å²) in [6.45, 7) is 3.71. The van der Waals surface area contributed by atoms with Crippen molar-refractivity contribution in [2.75, 3.05) is 38.6 Å². The number of likely N-dealkylation sites (N-methyl/N-ethyl adjacent to an activating group) is 1. The zero-order valence-corrected chi connectivity index (χ0v) is 11.6. The summed E-state index contributed by atoms with van der Waals surface area (Å²) in [6.07, 6.45) is 4.05. The fourth-order valence-corrected chi connectivity index (χ4v) is 2.35. The Bertz CT molecular complexity index is 363. The molecule has 1 atom stereocenters. The Morgan fingerprint density at radius 1 is 1.32 bits per heavy atom. The van der Waals surface area contributed by atoms with Crippen LogP contribution in [0.5, 0.6) is 0 Å². The summed E-state index contributed by atoms with van der Waals surface area (Å²) in [5, 5.41) is 3.29. The molecule has 4 heteroatoms. The number of anilines is 1. The van der Waals surface area contributed by atoms with Gasteiger partial charge in [0.1, 0.15) is 5.82 Å². The van der Waals surface area contributed by atoms with Gasteiger partial charge in [-0.3, -0.25) is 0 Å². The van der Waals surface area contributed by atoms with Gasteiger partial charge in [-0.2, -0.15) is 0 Å². The molecule has 1 unspecified atom stereocenters. The molecule has 1 N–H and O–H groups in total. The molecule has 1 saturated heterocycles. The molecule has 0 spiro atoms. The van der Waals surface area contributed by atoms with Gasteiger partial charge in [-0.05, 0) is 50.6 Å². The molecule has 0 radical (unpaired) electrons. The van der Waals surface area contributed by atoms with E-state index in [4.69, 9.17) is 4.74 Å². The van der Waals surface area contributed by atoms with Gasteiger partial charge in [0.2, 0.25) is 0 Å². The topological polar surface area (TPSA) is 24.5 Å². The first kappa shape index (κ1) is 14.3. The zero-order chi connectivity index (χ0) is 13.5. The molecule has 0 bridgehead atoms. The maximum atomic E-state index is 12.7. The van der Waals surface area contributed by atoms with E-state index in [2.05, 4.69) is 17.3 Å². The van der Waals surface area contributed by atoms with Crippen molar-refractivity contribution in [2.45, 2.75) is 25.4 Å². The summed E-state index contributed by atoms with van der Waals surface area (Å²) >= 11 is 0. The molecule has 0 saturated carbocycles. The third-order valence-corrected chi connectivity index (χ3v) is 3.46. The van der Waals surface area contributed by atoms with Gasteiger partial charge in [-0.25, -0.2) is 4.39 Å². The lowest BCUT2D eigenvalue weighted by Crippen LogP contribution is -2.35. The summed E-state index contributed by atoms with van der Waals surface area (Å²) < 4.78 is 18.5. The van der Waals surface area contributed by atoms with Gasteiger partial charge in [0.05, 0.1) is 6.10 Å². The highest BCUT2D eigenvalue weighted by Crippen LogP contribution is 2.13. The Labute approximate surface area is 114 Å². The van der Waals surface area contributed by atoms with Crippen molar-refractivity contribution in [1.29, 1.82) is 0 Å². The van der Waals surface area contributed by atoms with Crippen LogP contribution in [0.15, 0.2) is 24.3 Å². The van der Waals surface area contributed by atoms with Gasteiger partial charge >= 0.3 is 0 Å². The van der Waals surface area contributed by atoms with Gasteiger partial charge in [-0.15, -0.1) is 0 Å². The minimum atomic E-state index is -0.197. The molecule has 106 valence electrons. The van der Waals surface area contributed by atoms with Crippen LogP contribution in [-0.2, 0) is 4.74 Å². The number of nitrogens with zero attached hydrogens (tertiary/aromatic N) is 1. The van der Waals surface area contributed by atoms with Crippen LogP contribution in [-0.4, -0.2) is 44.3 Å². The van der Waals surface area contributed by atoms with Crippen LogP contribution in [0, 0.1) is 5.82 Å². The molecule has 1 aliphatic rings. The molecule has 1 aliphatic heterocycles. The molecule has 2 rings (SSSR count). The van der Waals surface area contributed by atoms with Crippen LogP contribution in [0.1, 0.15) is 19.3 Å². The quantitative estimate of drug-likeness (QED) is 0.857. The fourth-order valence-electron chi connectivity index (χ4n) is 2.35. The highest BCUT2D eigenvalue weighted by atomic mass is 19.1. The van der Waals surface area contributed by atoms with E-state index >= 15 is 0 Å². The summed E-state index contributed by atoms with van der Waals surface area (Å²) in [7, 11) is 2.12. The molecule has 1 aromatic carbocycles. The Kier molecular flexibility index (Phi) is 5.61. The van der Waals surface area contributed by atoms with E-state index in [-0.39, 0.29) is 5.82 Å². The van der Waals surface area contributed by atoms with Gasteiger partial charge in [0, 0.05) is 31.9 Å². The van der Waals surface area contributed by atoms with Crippen LogP contribution in [0.4, 0.5) is 10.1 Å². The number of ether oxygens (including phenoxy) is 1. The average molecular weight is 266 g/mol. The Balaban J connectivity index is 1.63. The lowest BCUT2D eigenvalue weighted by atomic mass is 10.1. The van der Waals surface area contributed by atoms with Gasteiger partial charge in [0.25, 0.3) is 0 Å². The van der Waals surface area contributed by atoms with E-state index in [0.717, 1.165) is 31.9 Å². The minimum Gasteiger partial charge on any atom is -0.384 e. The first-order chi connectivity index (χ1) is 9.24. The van der Waals surface area contributed by atoms with Crippen LogP contribution in [0.25, 0.3) is 0 Å². The Morgan fingerprint density at radius 2 is 2.11 bits per heavy atom. The van der Waals surface area contributed by atoms with Crippen molar-refractivity contribution in [1.82, 2.24) is 4.90 Å². The SMILES string of the molecule is CN(CCNc1ccc(F)cc1)CC1CCCCO1. The van der Waals surface area contributed by atoms with Crippen LogP contribution in [0.3, 0.4) is 0 Å². The molecule has 1 heterocycles. The maximum Gasteiger partial charge on any atom is 0.123 e. The summed E-state index contributed by atoms with van der Waals surface area (Å²) in [5.74, 6) is -0.197. The molecular weight excluding hydrogens is 243 g/mol. The van der Waals surface area contributed by atoms with Crippen molar-refractivity contribution in [3.63, 3.8) is 0 Å². The third kappa shape index (κ3) is 5.17. The number of benzene rings is 1. The first-order valence-electron chi connectivity index (χ1n) is 7.03. The van der Waals surface area contributed by atoms with Gasteiger partial charge < -0.3 is 15.0 Å². The van der Waals surface area contributed by atoms with Crippen molar-refractivity contribution < 1.29 is 9.13 Å². The predicted molar refractivity (Wildman–Crippen MR) is 76.0 cm³/mol. The highest BCUT2D eigenvalue weighted by Gasteiger charge is 2.15. The standard InChI is InChI=1S/C15H23FN2O/c1-18(12-15-4-2-3-11-19-15)10-9-17-14-7-5-13(16)6-8-14/h5-8,15,17H,2-4,9-12H2,1H3. The molecule has 19 heavy (non-hydrogen) atoms. The molecule has 1 aromatic rings. The van der Waals surface area contributed by atoms with Crippen molar-refractivity contribution in [3.8, 4) is 0 Å². The second kappa shape index (κ2) is 7.46. The van der Waals surface area contributed by atoms with Crippen LogP contribution in [0.2, 0.25) is 0 Å².